The van der Waals surface area contributed by atoms with Crippen molar-refractivity contribution < 1.29 is 14.3 Å². The number of rotatable bonds is 6. The number of ether oxygens (including phenoxy) is 1. The van der Waals surface area contributed by atoms with Gasteiger partial charge in [0.2, 0.25) is 5.91 Å². The van der Waals surface area contributed by atoms with E-state index in [0.717, 1.165) is 16.9 Å². The number of carbonyl (C=O) groups is 2. The first-order chi connectivity index (χ1) is 14.0. The van der Waals surface area contributed by atoms with Crippen molar-refractivity contribution in [1.29, 1.82) is 0 Å². The number of hydrogen-bond donors (Lipinski definition) is 2. The Morgan fingerprint density at radius 3 is 2.28 bits per heavy atom. The van der Waals surface area contributed by atoms with Gasteiger partial charge in [0.25, 0.3) is 5.91 Å². The van der Waals surface area contributed by atoms with Gasteiger partial charge in [-0.2, -0.15) is 0 Å². The zero-order valence-electron chi connectivity index (χ0n) is 16.3. The lowest BCUT2D eigenvalue weighted by Crippen LogP contribution is -2.13. The molecule has 5 heteroatoms. The summed E-state index contributed by atoms with van der Waals surface area (Å²) in [7, 11) is 1.61. The van der Waals surface area contributed by atoms with Crippen LogP contribution < -0.4 is 15.4 Å². The van der Waals surface area contributed by atoms with Gasteiger partial charge in [-0.3, -0.25) is 9.59 Å². The molecule has 5 nitrogen and oxygen atoms in total. The highest BCUT2D eigenvalue weighted by Gasteiger charge is 2.08. The molecule has 0 saturated carbocycles. The van der Waals surface area contributed by atoms with Crippen LogP contribution in [0.4, 0.5) is 11.4 Å². The lowest BCUT2D eigenvalue weighted by molar-refractivity contribution is -0.111. The van der Waals surface area contributed by atoms with Crippen LogP contribution in [0.2, 0.25) is 0 Å². The van der Waals surface area contributed by atoms with Gasteiger partial charge in [-0.1, -0.05) is 30.3 Å². The highest BCUT2D eigenvalue weighted by Crippen LogP contribution is 2.21. The standard InChI is InChI=1S/C24H22N2O3/c1-17-16-20(11-14-22(17)26-24(28)19-6-4-3-5-7-19)25-23(27)15-10-18-8-12-21(29-2)13-9-18/h3-16H,1-2H3,(H,25,27)(H,26,28)/b15-10+. The van der Waals surface area contributed by atoms with Gasteiger partial charge in [0.15, 0.2) is 0 Å². The Morgan fingerprint density at radius 2 is 1.62 bits per heavy atom. The minimum Gasteiger partial charge on any atom is -0.497 e. The zero-order chi connectivity index (χ0) is 20.6. The molecule has 3 rings (SSSR count). The topological polar surface area (TPSA) is 67.4 Å². The SMILES string of the molecule is COc1ccc(/C=C/C(=O)Nc2ccc(NC(=O)c3ccccc3)c(C)c2)cc1. The van der Waals surface area contributed by atoms with Crippen LogP contribution in [-0.4, -0.2) is 18.9 Å². The first-order valence-electron chi connectivity index (χ1n) is 9.15. The molecule has 0 bridgehead atoms. The maximum Gasteiger partial charge on any atom is 0.255 e. The van der Waals surface area contributed by atoms with E-state index < -0.39 is 0 Å². The van der Waals surface area contributed by atoms with E-state index in [-0.39, 0.29) is 11.8 Å². The molecule has 0 aromatic heterocycles. The van der Waals surface area contributed by atoms with Gasteiger partial charge in [-0.05, 0) is 66.6 Å². The van der Waals surface area contributed by atoms with Crippen LogP contribution in [0.15, 0.2) is 78.9 Å². The third kappa shape index (κ3) is 5.56. The Kier molecular flexibility index (Phi) is 6.43. The van der Waals surface area contributed by atoms with Crippen molar-refractivity contribution in [3.8, 4) is 5.75 Å². The fourth-order valence-electron chi connectivity index (χ4n) is 2.74. The molecule has 29 heavy (non-hydrogen) atoms. The molecule has 0 unspecified atom stereocenters. The number of nitrogens with one attached hydrogen (secondary N) is 2. The number of methoxy groups -OCH3 is 1. The average molecular weight is 386 g/mol. The van der Waals surface area contributed by atoms with Crippen molar-refractivity contribution in [3.05, 3.63) is 95.6 Å². The summed E-state index contributed by atoms with van der Waals surface area (Å²) in [5, 5.41) is 5.71. The second-order valence-corrected chi connectivity index (χ2v) is 6.45. The molecule has 0 radical (unpaired) electrons. The average Bonchev–Trinajstić information content (AvgIpc) is 2.75. The van der Waals surface area contributed by atoms with E-state index in [0.29, 0.717) is 16.9 Å². The molecule has 0 saturated heterocycles. The van der Waals surface area contributed by atoms with Crippen molar-refractivity contribution in [1.82, 2.24) is 0 Å². The molecule has 0 heterocycles. The van der Waals surface area contributed by atoms with Crippen LogP contribution in [0.3, 0.4) is 0 Å². The molecular formula is C24H22N2O3. The van der Waals surface area contributed by atoms with E-state index in [4.69, 9.17) is 4.74 Å². The normalized spacial score (nSPS) is 10.6. The molecule has 2 N–H and O–H groups in total. The predicted molar refractivity (Wildman–Crippen MR) is 116 cm³/mol. The number of aryl methyl sites for hydroxylation is 1. The molecule has 0 spiro atoms. The van der Waals surface area contributed by atoms with Gasteiger partial charge in [-0.25, -0.2) is 0 Å². The monoisotopic (exact) mass is 386 g/mol. The summed E-state index contributed by atoms with van der Waals surface area (Å²) in [6, 6.07) is 21.8. The minimum absolute atomic E-state index is 0.173. The number of amides is 2. The largest absolute Gasteiger partial charge is 0.497 e. The van der Waals surface area contributed by atoms with Crippen molar-refractivity contribution >= 4 is 29.3 Å². The van der Waals surface area contributed by atoms with Crippen molar-refractivity contribution in [2.24, 2.45) is 0 Å². The molecule has 0 atom stereocenters. The second kappa shape index (κ2) is 9.37. The van der Waals surface area contributed by atoms with Crippen LogP contribution in [0.25, 0.3) is 6.08 Å². The number of hydrogen-bond acceptors (Lipinski definition) is 3. The fourth-order valence-corrected chi connectivity index (χ4v) is 2.74. The van der Waals surface area contributed by atoms with Gasteiger partial charge < -0.3 is 15.4 Å². The number of benzene rings is 3. The van der Waals surface area contributed by atoms with E-state index >= 15 is 0 Å². The Balaban J connectivity index is 1.61. The highest BCUT2D eigenvalue weighted by atomic mass is 16.5. The van der Waals surface area contributed by atoms with Crippen LogP contribution >= 0.6 is 0 Å². The Labute approximate surface area is 170 Å². The molecule has 146 valence electrons. The van der Waals surface area contributed by atoms with Gasteiger partial charge in [0.1, 0.15) is 5.75 Å². The van der Waals surface area contributed by atoms with E-state index in [1.54, 1.807) is 37.5 Å². The van der Waals surface area contributed by atoms with E-state index in [1.165, 1.54) is 6.08 Å². The quantitative estimate of drug-likeness (QED) is 0.592. The van der Waals surface area contributed by atoms with Crippen LogP contribution in [0, 0.1) is 6.92 Å². The maximum absolute atomic E-state index is 12.3. The zero-order valence-corrected chi connectivity index (χ0v) is 16.3. The van der Waals surface area contributed by atoms with Gasteiger partial charge >= 0.3 is 0 Å². The van der Waals surface area contributed by atoms with Crippen LogP contribution in [0.1, 0.15) is 21.5 Å². The van der Waals surface area contributed by atoms with E-state index in [1.807, 2.05) is 55.5 Å². The fraction of sp³-hybridized carbons (Fsp3) is 0.0833. The molecule has 3 aromatic rings. The number of anilines is 2. The summed E-state index contributed by atoms with van der Waals surface area (Å²) in [5.41, 5.74) is 3.70. The van der Waals surface area contributed by atoms with Gasteiger partial charge in [0.05, 0.1) is 7.11 Å². The Bertz CT molecular complexity index is 1030. The van der Waals surface area contributed by atoms with Crippen molar-refractivity contribution in [3.63, 3.8) is 0 Å². The molecule has 0 aliphatic carbocycles. The second-order valence-electron chi connectivity index (χ2n) is 6.45. The van der Waals surface area contributed by atoms with Crippen molar-refractivity contribution in [2.75, 3.05) is 17.7 Å². The molecule has 0 aliphatic heterocycles. The summed E-state index contributed by atoms with van der Waals surface area (Å²) in [6.07, 6.45) is 3.21. The lowest BCUT2D eigenvalue weighted by atomic mass is 10.1. The Morgan fingerprint density at radius 1 is 0.897 bits per heavy atom. The Hall–Kier alpha value is -3.86. The van der Waals surface area contributed by atoms with E-state index in [2.05, 4.69) is 10.6 Å². The first-order valence-corrected chi connectivity index (χ1v) is 9.15. The van der Waals surface area contributed by atoms with Gasteiger partial charge in [-0.15, -0.1) is 0 Å². The molecule has 0 fully saturated rings. The van der Waals surface area contributed by atoms with Crippen molar-refractivity contribution in [2.45, 2.75) is 6.92 Å². The summed E-state index contributed by atoms with van der Waals surface area (Å²) >= 11 is 0. The lowest BCUT2D eigenvalue weighted by Gasteiger charge is -2.10. The van der Waals surface area contributed by atoms with Crippen LogP contribution in [-0.2, 0) is 4.79 Å². The summed E-state index contributed by atoms with van der Waals surface area (Å²) in [5.74, 6) is 0.357. The maximum atomic E-state index is 12.3. The van der Waals surface area contributed by atoms with Gasteiger partial charge in [0, 0.05) is 23.0 Å². The molecule has 2 amide bonds. The molecule has 0 aliphatic rings. The van der Waals surface area contributed by atoms with E-state index in [9.17, 15) is 9.59 Å². The minimum atomic E-state index is -0.235. The number of carbonyl (C=O) groups excluding carboxylic acids is 2. The predicted octanol–water partition coefficient (Wildman–Crippen LogP) is 4.91. The summed E-state index contributed by atoms with van der Waals surface area (Å²) in [6.45, 7) is 1.88. The smallest absolute Gasteiger partial charge is 0.255 e. The third-order valence-electron chi connectivity index (χ3n) is 4.32. The first kappa shape index (κ1) is 19.9. The third-order valence-corrected chi connectivity index (χ3v) is 4.32. The van der Waals surface area contributed by atoms with Crippen LogP contribution in [0.5, 0.6) is 5.75 Å². The summed E-state index contributed by atoms with van der Waals surface area (Å²) < 4.78 is 5.11. The highest BCUT2D eigenvalue weighted by molar-refractivity contribution is 6.05. The molecule has 3 aromatic carbocycles. The summed E-state index contributed by atoms with van der Waals surface area (Å²) in [4.78, 5) is 24.5. The molecular weight excluding hydrogens is 364 g/mol.